The molecule has 0 fully saturated rings. The zero-order chi connectivity index (χ0) is 19.6. The summed E-state index contributed by atoms with van der Waals surface area (Å²) in [6.07, 6.45) is 0.960. The summed E-state index contributed by atoms with van der Waals surface area (Å²) in [5.74, 6) is -1.78. The fourth-order valence-electron chi connectivity index (χ4n) is 2.37. The molecule has 138 valence electrons. The van der Waals surface area contributed by atoms with Crippen LogP contribution in [0.15, 0.2) is 6.20 Å². The van der Waals surface area contributed by atoms with Gasteiger partial charge in [0.1, 0.15) is 11.2 Å². The van der Waals surface area contributed by atoms with Crippen LogP contribution < -0.4 is 5.32 Å². The molecule has 0 aliphatic heterocycles. The average molecular weight is 380 g/mol. The van der Waals surface area contributed by atoms with E-state index < -0.39 is 22.5 Å². The molecule has 2 aromatic heterocycles. The van der Waals surface area contributed by atoms with E-state index in [0.29, 0.717) is 10.4 Å². The van der Waals surface area contributed by atoms with Crippen molar-refractivity contribution in [2.45, 2.75) is 20.8 Å². The van der Waals surface area contributed by atoms with Gasteiger partial charge in [0.15, 0.2) is 5.78 Å². The van der Waals surface area contributed by atoms with Gasteiger partial charge in [-0.15, -0.1) is 11.3 Å². The van der Waals surface area contributed by atoms with Gasteiger partial charge in [0.05, 0.1) is 22.0 Å². The highest BCUT2D eigenvalue weighted by Crippen LogP contribution is 2.34. The highest BCUT2D eigenvalue weighted by molar-refractivity contribution is 7.18. The molecule has 10 nitrogen and oxygen atoms in total. The Kier molecular flexibility index (Phi) is 5.50. The van der Waals surface area contributed by atoms with E-state index in [0.717, 1.165) is 22.2 Å². The number of aromatic nitrogens is 2. The maximum absolute atomic E-state index is 12.5. The van der Waals surface area contributed by atoms with E-state index in [-0.39, 0.29) is 28.6 Å². The lowest BCUT2D eigenvalue weighted by Gasteiger charge is -2.07. The second-order valence-electron chi connectivity index (χ2n) is 5.25. The van der Waals surface area contributed by atoms with Crippen molar-refractivity contribution in [2.75, 3.05) is 11.9 Å². The van der Waals surface area contributed by atoms with Crippen LogP contribution in [-0.2, 0) is 11.8 Å². The van der Waals surface area contributed by atoms with Crippen molar-refractivity contribution in [1.29, 1.82) is 0 Å². The standard InChI is InChI=1S/C15H16N4O6S/c1-5-25-15(22)10-7(2)12(8(3)20)26-14(10)17-13(21)11-9(19(23)24)6-16-18(11)4/h6H,5H2,1-4H3,(H,17,21). The SMILES string of the molecule is CCOC(=O)c1c(NC(=O)c2c([N+](=O)[O-])cnn2C)sc(C(C)=O)c1C. The van der Waals surface area contributed by atoms with Crippen molar-refractivity contribution in [2.24, 2.45) is 7.05 Å². The summed E-state index contributed by atoms with van der Waals surface area (Å²) in [5, 5.41) is 17.3. The van der Waals surface area contributed by atoms with Crippen LogP contribution in [0.3, 0.4) is 0 Å². The van der Waals surface area contributed by atoms with Gasteiger partial charge in [-0.2, -0.15) is 5.10 Å². The number of esters is 1. The maximum Gasteiger partial charge on any atom is 0.341 e. The number of ketones is 1. The van der Waals surface area contributed by atoms with Crippen LogP contribution in [0.5, 0.6) is 0 Å². The fourth-order valence-corrected chi connectivity index (χ4v) is 3.46. The molecule has 0 saturated heterocycles. The molecule has 2 heterocycles. The molecular formula is C15H16N4O6S. The van der Waals surface area contributed by atoms with E-state index in [1.807, 2.05) is 0 Å². The van der Waals surface area contributed by atoms with Crippen LogP contribution in [0, 0.1) is 17.0 Å². The normalized spacial score (nSPS) is 10.5. The molecule has 0 aromatic carbocycles. The van der Waals surface area contributed by atoms with Crippen molar-refractivity contribution in [3.8, 4) is 0 Å². The second-order valence-corrected chi connectivity index (χ2v) is 6.27. The minimum absolute atomic E-state index is 0.0558. The summed E-state index contributed by atoms with van der Waals surface area (Å²) in [6.45, 7) is 4.65. The molecule has 2 aromatic rings. The van der Waals surface area contributed by atoms with E-state index in [4.69, 9.17) is 4.74 Å². The Morgan fingerprint density at radius 2 is 2.08 bits per heavy atom. The average Bonchev–Trinajstić information content (AvgIpc) is 3.08. The van der Waals surface area contributed by atoms with Gasteiger partial charge < -0.3 is 10.1 Å². The number of nitrogens with one attached hydrogen (secondary N) is 1. The first kappa shape index (κ1) is 19.2. The molecule has 2 rings (SSSR count). The molecule has 0 radical (unpaired) electrons. The van der Waals surface area contributed by atoms with Crippen molar-refractivity contribution in [3.63, 3.8) is 0 Å². The monoisotopic (exact) mass is 380 g/mol. The predicted octanol–water partition coefficient (Wildman–Crippen LogP) is 2.33. The second kappa shape index (κ2) is 7.44. The van der Waals surface area contributed by atoms with Crippen LogP contribution in [0.25, 0.3) is 0 Å². The predicted molar refractivity (Wildman–Crippen MR) is 92.8 cm³/mol. The van der Waals surface area contributed by atoms with E-state index >= 15 is 0 Å². The Hall–Kier alpha value is -3.08. The number of carbonyl (C=O) groups excluding carboxylic acids is 3. The van der Waals surface area contributed by atoms with E-state index in [1.165, 1.54) is 14.0 Å². The molecule has 0 bridgehead atoms. The van der Waals surface area contributed by atoms with E-state index in [2.05, 4.69) is 10.4 Å². The summed E-state index contributed by atoms with van der Waals surface area (Å²) in [5.41, 5.74) is -0.307. The fraction of sp³-hybridized carbons (Fsp3) is 0.333. The molecule has 1 N–H and O–H groups in total. The van der Waals surface area contributed by atoms with Crippen LogP contribution >= 0.6 is 11.3 Å². The lowest BCUT2D eigenvalue weighted by Crippen LogP contribution is -2.19. The Morgan fingerprint density at radius 1 is 1.42 bits per heavy atom. The Morgan fingerprint density at radius 3 is 2.62 bits per heavy atom. The highest BCUT2D eigenvalue weighted by atomic mass is 32.1. The topological polar surface area (TPSA) is 133 Å². The molecule has 1 amide bonds. The third-order valence-electron chi connectivity index (χ3n) is 3.50. The van der Waals surface area contributed by atoms with Crippen molar-refractivity contribution in [3.05, 3.63) is 38.0 Å². The van der Waals surface area contributed by atoms with Gasteiger partial charge in [0, 0.05) is 7.05 Å². The number of rotatable bonds is 6. The van der Waals surface area contributed by atoms with Gasteiger partial charge in [-0.1, -0.05) is 0 Å². The first-order valence-corrected chi connectivity index (χ1v) is 8.29. The van der Waals surface area contributed by atoms with Crippen LogP contribution in [-0.4, -0.2) is 39.0 Å². The third-order valence-corrected chi connectivity index (χ3v) is 4.81. The minimum atomic E-state index is -0.821. The summed E-state index contributed by atoms with van der Waals surface area (Å²) >= 11 is 0.912. The number of hydrogen-bond acceptors (Lipinski definition) is 8. The number of thiophene rings is 1. The van der Waals surface area contributed by atoms with Gasteiger partial charge in [0.25, 0.3) is 5.91 Å². The van der Waals surface area contributed by atoms with Crippen LogP contribution in [0.2, 0.25) is 0 Å². The molecule has 26 heavy (non-hydrogen) atoms. The maximum atomic E-state index is 12.5. The Labute approximate surface area is 151 Å². The molecule has 0 aliphatic carbocycles. The summed E-state index contributed by atoms with van der Waals surface area (Å²) in [7, 11) is 1.38. The number of Topliss-reactive ketones (excluding diaryl/α,β-unsaturated/α-hetero) is 1. The molecule has 0 unspecified atom stereocenters. The van der Waals surface area contributed by atoms with Gasteiger partial charge in [-0.05, 0) is 26.3 Å². The molecule has 0 atom stereocenters. The number of ether oxygens (including phenoxy) is 1. The lowest BCUT2D eigenvalue weighted by atomic mass is 10.1. The van der Waals surface area contributed by atoms with Gasteiger partial charge in [-0.25, -0.2) is 4.79 Å². The zero-order valence-corrected chi connectivity index (χ0v) is 15.3. The van der Waals surface area contributed by atoms with Gasteiger partial charge in [-0.3, -0.25) is 24.4 Å². The van der Waals surface area contributed by atoms with Gasteiger partial charge >= 0.3 is 11.7 Å². The summed E-state index contributed by atoms with van der Waals surface area (Å²) in [6, 6.07) is 0. The number of nitrogens with zero attached hydrogens (tertiary/aromatic N) is 3. The molecule has 11 heteroatoms. The molecule has 0 spiro atoms. The van der Waals surface area contributed by atoms with Crippen molar-refractivity contribution < 1.29 is 24.0 Å². The summed E-state index contributed by atoms with van der Waals surface area (Å²) < 4.78 is 6.04. The third kappa shape index (κ3) is 3.47. The quantitative estimate of drug-likeness (QED) is 0.352. The van der Waals surface area contributed by atoms with E-state index in [9.17, 15) is 24.5 Å². The molecule has 0 aliphatic rings. The largest absolute Gasteiger partial charge is 0.462 e. The highest BCUT2D eigenvalue weighted by Gasteiger charge is 2.29. The number of anilines is 1. The molecular weight excluding hydrogens is 364 g/mol. The Balaban J connectivity index is 2.49. The minimum Gasteiger partial charge on any atom is -0.462 e. The number of hydrogen-bond donors (Lipinski definition) is 1. The number of amides is 1. The number of aryl methyl sites for hydroxylation is 1. The summed E-state index contributed by atoms with van der Waals surface area (Å²) in [4.78, 5) is 47.2. The van der Waals surface area contributed by atoms with Gasteiger partial charge in [0.2, 0.25) is 5.69 Å². The van der Waals surface area contributed by atoms with Crippen molar-refractivity contribution >= 4 is 39.7 Å². The number of nitro groups is 1. The van der Waals surface area contributed by atoms with Crippen molar-refractivity contribution in [1.82, 2.24) is 9.78 Å². The zero-order valence-electron chi connectivity index (χ0n) is 14.5. The first-order valence-electron chi connectivity index (χ1n) is 7.48. The van der Waals surface area contributed by atoms with E-state index in [1.54, 1.807) is 13.8 Å². The van der Waals surface area contributed by atoms with Crippen LogP contribution in [0.1, 0.15) is 49.9 Å². The number of carbonyl (C=O) groups is 3. The Bertz CT molecular complexity index is 914. The first-order chi connectivity index (χ1) is 12.2. The smallest absolute Gasteiger partial charge is 0.341 e. The lowest BCUT2D eigenvalue weighted by molar-refractivity contribution is -0.385. The molecule has 0 saturated carbocycles. The van der Waals surface area contributed by atoms with Crippen LogP contribution in [0.4, 0.5) is 10.7 Å².